The molecule has 4 nitrogen and oxygen atoms in total. The van der Waals surface area contributed by atoms with Gasteiger partial charge in [0.2, 0.25) is 0 Å². The van der Waals surface area contributed by atoms with Crippen LogP contribution in [0.4, 0.5) is 0 Å². The Morgan fingerprint density at radius 1 is 0.957 bits per heavy atom. The van der Waals surface area contributed by atoms with E-state index in [-0.39, 0.29) is 0 Å². The Morgan fingerprint density at radius 2 is 1.96 bits per heavy atom. The largest absolute Gasteiger partial charge is 0.365 e. The van der Waals surface area contributed by atoms with Crippen molar-refractivity contribution in [1.82, 2.24) is 9.97 Å². The molecule has 112 valence electrons. The molecule has 0 saturated carbocycles. The fraction of sp³-hybridized carbons (Fsp3) is 0.0526. The van der Waals surface area contributed by atoms with Crippen LogP contribution in [0.5, 0.6) is 0 Å². The molecule has 0 saturated heterocycles. The van der Waals surface area contributed by atoms with E-state index in [1.165, 1.54) is 11.4 Å². The van der Waals surface area contributed by atoms with E-state index < -0.39 is 0 Å². The van der Waals surface area contributed by atoms with E-state index in [1.807, 2.05) is 48.7 Å². The summed E-state index contributed by atoms with van der Waals surface area (Å²) < 4.78 is 0. The predicted molar refractivity (Wildman–Crippen MR) is 94.7 cm³/mol. The normalized spacial score (nSPS) is 19.4. The molecule has 0 spiro atoms. The minimum absolute atomic E-state index is 0.872. The first-order valence-electron chi connectivity index (χ1n) is 7.56. The first kappa shape index (κ1) is 13.5. The predicted octanol–water partition coefficient (Wildman–Crippen LogP) is 3.81. The number of H-pyrrole nitrogens is 2. The van der Waals surface area contributed by atoms with Crippen LogP contribution in [0.15, 0.2) is 82.2 Å². The molecule has 0 bridgehead atoms. The van der Waals surface area contributed by atoms with Crippen LogP contribution in [-0.2, 0) is 6.42 Å². The van der Waals surface area contributed by atoms with Gasteiger partial charge in [-0.25, -0.2) is 4.99 Å². The van der Waals surface area contributed by atoms with E-state index in [4.69, 9.17) is 0 Å². The Bertz CT molecular complexity index is 870. The quantitative estimate of drug-likeness (QED) is 0.863. The zero-order valence-corrected chi connectivity index (χ0v) is 12.5. The van der Waals surface area contributed by atoms with E-state index in [9.17, 15) is 0 Å². The molecule has 2 aromatic heterocycles. The minimum Gasteiger partial charge on any atom is -0.365 e. The maximum Gasteiger partial charge on any atom is 0.0659 e. The number of aliphatic imine (C=N–C) groups is 2. The number of nitrogens with zero attached hydrogens (tertiary/aromatic N) is 2. The zero-order valence-electron chi connectivity index (χ0n) is 12.5. The van der Waals surface area contributed by atoms with Gasteiger partial charge in [-0.3, -0.25) is 4.99 Å². The van der Waals surface area contributed by atoms with Gasteiger partial charge in [-0.15, -0.1) is 0 Å². The molecule has 0 aliphatic carbocycles. The third-order valence-corrected chi connectivity index (χ3v) is 3.67. The van der Waals surface area contributed by atoms with Gasteiger partial charge in [0, 0.05) is 35.9 Å². The number of aromatic nitrogens is 2. The lowest BCUT2D eigenvalue weighted by atomic mass is 10.2. The first-order chi connectivity index (χ1) is 11.3. The molecule has 0 atom stereocenters. The second kappa shape index (κ2) is 5.93. The van der Waals surface area contributed by atoms with Crippen LogP contribution in [0, 0.1) is 0 Å². The lowest BCUT2D eigenvalue weighted by molar-refractivity contribution is 1.05. The van der Waals surface area contributed by atoms with Crippen molar-refractivity contribution in [3.05, 3.63) is 89.3 Å². The van der Waals surface area contributed by atoms with Crippen LogP contribution in [-0.4, -0.2) is 21.9 Å². The van der Waals surface area contributed by atoms with Gasteiger partial charge in [0.25, 0.3) is 0 Å². The van der Waals surface area contributed by atoms with Gasteiger partial charge < -0.3 is 9.97 Å². The van der Waals surface area contributed by atoms with Crippen LogP contribution < -0.4 is 0 Å². The highest BCUT2D eigenvalue weighted by Gasteiger charge is 2.05. The minimum atomic E-state index is 0.872. The van der Waals surface area contributed by atoms with Gasteiger partial charge in [-0.2, -0.15) is 0 Å². The second-order valence-electron chi connectivity index (χ2n) is 5.46. The Kier molecular flexibility index (Phi) is 3.48. The molecule has 2 aliphatic heterocycles. The number of aromatic amines is 2. The van der Waals surface area contributed by atoms with E-state index in [2.05, 4.69) is 38.2 Å². The van der Waals surface area contributed by atoms with Crippen molar-refractivity contribution < 1.29 is 0 Å². The molecule has 2 aliphatic rings. The Hall–Kier alpha value is -3.14. The van der Waals surface area contributed by atoms with E-state index >= 15 is 0 Å². The lowest BCUT2D eigenvalue weighted by Crippen LogP contribution is -1.88. The van der Waals surface area contributed by atoms with Crippen LogP contribution in [0.2, 0.25) is 0 Å². The SMILES string of the molecule is C1=C/C(=C\C2=NC(=C\c3ccc(Cc4ccc[nH]4)[nH]3)/C=C2)N=C1. The topological polar surface area (TPSA) is 56.3 Å². The van der Waals surface area contributed by atoms with Gasteiger partial charge in [-0.1, -0.05) is 0 Å². The van der Waals surface area contributed by atoms with Crippen LogP contribution in [0.25, 0.3) is 6.08 Å². The molecular formula is C19H16N4. The summed E-state index contributed by atoms with van der Waals surface area (Å²) in [6, 6.07) is 8.28. The highest BCUT2D eigenvalue weighted by atomic mass is 14.8. The van der Waals surface area contributed by atoms with Gasteiger partial charge >= 0.3 is 0 Å². The summed E-state index contributed by atoms with van der Waals surface area (Å²) in [5, 5.41) is 0. The van der Waals surface area contributed by atoms with Crippen molar-refractivity contribution in [2.75, 3.05) is 0 Å². The molecule has 4 rings (SSSR count). The van der Waals surface area contributed by atoms with Crippen LogP contribution in [0.3, 0.4) is 0 Å². The molecular weight excluding hydrogens is 284 g/mol. The number of hydrogen-bond acceptors (Lipinski definition) is 2. The van der Waals surface area contributed by atoms with E-state index in [1.54, 1.807) is 6.21 Å². The average Bonchev–Trinajstić information content (AvgIpc) is 3.31. The second-order valence-corrected chi connectivity index (χ2v) is 5.46. The average molecular weight is 300 g/mol. The molecule has 0 aromatic carbocycles. The molecule has 0 amide bonds. The van der Waals surface area contributed by atoms with Crippen molar-refractivity contribution >= 4 is 18.0 Å². The van der Waals surface area contributed by atoms with E-state index in [0.29, 0.717) is 0 Å². The van der Waals surface area contributed by atoms with Crippen molar-refractivity contribution in [2.45, 2.75) is 6.42 Å². The molecule has 0 fully saturated rings. The van der Waals surface area contributed by atoms with Crippen molar-refractivity contribution in [3.63, 3.8) is 0 Å². The summed E-state index contributed by atoms with van der Waals surface area (Å²) in [4.78, 5) is 15.4. The molecule has 4 heteroatoms. The fourth-order valence-electron chi connectivity index (χ4n) is 2.59. The fourth-order valence-corrected chi connectivity index (χ4v) is 2.59. The molecule has 4 heterocycles. The van der Waals surface area contributed by atoms with Crippen molar-refractivity contribution in [1.29, 1.82) is 0 Å². The Labute approximate surface area is 134 Å². The van der Waals surface area contributed by atoms with Crippen LogP contribution >= 0.6 is 0 Å². The first-order valence-corrected chi connectivity index (χ1v) is 7.56. The zero-order chi connectivity index (χ0) is 15.5. The molecule has 0 radical (unpaired) electrons. The molecule has 2 aromatic rings. The monoisotopic (exact) mass is 300 g/mol. The van der Waals surface area contributed by atoms with Gasteiger partial charge in [0.05, 0.1) is 17.1 Å². The smallest absolute Gasteiger partial charge is 0.0659 e. The number of hydrogen-bond donors (Lipinski definition) is 2. The Morgan fingerprint density at radius 3 is 2.78 bits per heavy atom. The van der Waals surface area contributed by atoms with Crippen molar-refractivity contribution in [2.24, 2.45) is 9.98 Å². The summed E-state index contributed by atoms with van der Waals surface area (Å²) in [5.74, 6) is 0. The maximum atomic E-state index is 4.59. The van der Waals surface area contributed by atoms with Gasteiger partial charge in [0.15, 0.2) is 0 Å². The number of rotatable bonds is 4. The third kappa shape index (κ3) is 3.21. The Balaban J connectivity index is 1.48. The standard InChI is InChI=1S/C19H16N4/c1-3-14(20-9-1)11-16-5-7-18(22-16)13-19-8-6-17(23-19)12-15-4-2-10-21-15/h1-11,13,21,23H,12H2/b14-11+,18-13-. The molecule has 23 heavy (non-hydrogen) atoms. The highest BCUT2D eigenvalue weighted by Crippen LogP contribution is 2.17. The van der Waals surface area contributed by atoms with Crippen LogP contribution in [0.1, 0.15) is 17.1 Å². The van der Waals surface area contributed by atoms with E-state index in [0.717, 1.165) is 29.2 Å². The summed E-state index contributed by atoms with van der Waals surface area (Å²) in [6.45, 7) is 0. The van der Waals surface area contributed by atoms with Crippen molar-refractivity contribution in [3.8, 4) is 0 Å². The molecule has 2 N–H and O–H groups in total. The summed E-state index contributed by atoms with van der Waals surface area (Å²) in [5.41, 5.74) is 6.23. The van der Waals surface area contributed by atoms with Gasteiger partial charge in [0.1, 0.15) is 0 Å². The van der Waals surface area contributed by atoms with Gasteiger partial charge in [-0.05, 0) is 60.7 Å². The maximum absolute atomic E-state index is 4.59. The summed E-state index contributed by atoms with van der Waals surface area (Å²) in [6.07, 6.45) is 16.5. The number of nitrogens with one attached hydrogen (secondary N) is 2. The lowest BCUT2D eigenvalue weighted by Gasteiger charge is -1.95. The number of allylic oxidation sites excluding steroid dienone is 5. The third-order valence-electron chi connectivity index (χ3n) is 3.67. The highest BCUT2D eigenvalue weighted by molar-refractivity contribution is 6.08. The summed E-state index contributed by atoms with van der Waals surface area (Å²) >= 11 is 0. The summed E-state index contributed by atoms with van der Waals surface area (Å²) in [7, 11) is 0. The molecule has 0 unspecified atom stereocenters.